The summed E-state index contributed by atoms with van der Waals surface area (Å²) in [5.74, 6) is 1.83. The highest BCUT2D eigenvalue weighted by atomic mass is 35.5. The monoisotopic (exact) mass is 386 g/mol. The van der Waals surface area contributed by atoms with Gasteiger partial charge >= 0.3 is 0 Å². The van der Waals surface area contributed by atoms with Crippen LogP contribution in [0.25, 0.3) is 0 Å². The fourth-order valence-electron chi connectivity index (χ4n) is 2.36. The van der Waals surface area contributed by atoms with Crippen LogP contribution in [0.2, 0.25) is 10.0 Å². The number of halogens is 2. The molecule has 0 unspecified atom stereocenters. The van der Waals surface area contributed by atoms with Crippen molar-refractivity contribution in [3.05, 3.63) is 70.0 Å². The number of hydrogen-bond donors (Lipinski definition) is 2. The van der Waals surface area contributed by atoms with Crippen LogP contribution in [0.3, 0.4) is 0 Å². The lowest BCUT2D eigenvalue weighted by Gasteiger charge is -2.11. The highest BCUT2D eigenvalue weighted by Crippen LogP contribution is 2.28. The molecule has 1 heterocycles. The van der Waals surface area contributed by atoms with Crippen molar-refractivity contribution in [3.63, 3.8) is 0 Å². The van der Waals surface area contributed by atoms with E-state index in [1.54, 1.807) is 43.3 Å². The van der Waals surface area contributed by atoms with Gasteiger partial charge in [0, 0.05) is 22.3 Å². The van der Waals surface area contributed by atoms with Crippen molar-refractivity contribution < 1.29 is 4.79 Å². The van der Waals surface area contributed by atoms with Gasteiger partial charge in [0.15, 0.2) is 5.78 Å². The third-order valence-electron chi connectivity index (χ3n) is 3.59. The van der Waals surface area contributed by atoms with Crippen LogP contribution in [0.15, 0.2) is 48.5 Å². The second-order valence-corrected chi connectivity index (χ2v) is 6.54. The lowest BCUT2D eigenvalue weighted by Crippen LogP contribution is -2.02. The molecular formula is C19H16Cl2N4O. The molecule has 2 aromatic carbocycles. The molecule has 7 heteroatoms. The maximum atomic E-state index is 11.4. The van der Waals surface area contributed by atoms with Crippen LogP contribution >= 0.6 is 23.2 Å². The molecule has 0 radical (unpaired) electrons. The standard InChI is InChI=1S/C19H16Cl2N4O/c1-11(26)13-3-6-15(7-4-13)24-18-10-19(23-12(2)22-18)25-17-9-14(20)5-8-16(17)21/h3-10H,1-2H3,(H2,22,23,24,25). The van der Waals surface area contributed by atoms with E-state index in [9.17, 15) is 4.79 Å². The number of benzene rings is 2. The molecule has 3 rings (SSSR count). The number of hydrogen-bond acceptors (Lipinski definition) is 5. The first kappa shape index (κ1) is 18.2. The topological polar surface area (TPSA) is 66.9 Å². The average molecular weight is 387 g/mol. The zero-order valence-corrected chi connectivity index (χ0v) is 15.7. The molecule has 0 aliphatic heterocycles. The van der Waals surface area contributed by atoms with Gasteiger partial charge < -0.3 is 10.6 Å². The molecule has 0 spiro atoms. The van der Waals surface area contributed by atoms with Crippen molar-refractivity contribution in [1.29, 1.82) is 0 Å². The van der Waals surface area contributed by atoms with Crippen LogP contribution < -0.4 is 10.6 Å². The quantitative estimate of drug-likeness (QED) is 0.543. The highest BCUT2D eigenvalue weighted by Gasteiger charge is 2.07. The molecule has 1 aromatic heterocycles. The van der Waals surface area contributed by atoms with E-state index in [1.807, 2.05) is 12.1 Å². The summed E-state index contributed by atoms with van der Waals surface area (Å²) in [5.41, 5.74) is 2.14. The van der Waals surface area contributed by atoms with Gasteiger partial charge in [-0.3, -0.25) is 4.79 Å². The summed E-state index contributed by atoms with van der Waals surface area (Å²) in [6.07, 6.45) is 0. The first-order chi connectivity index (χ1) is 12.4. The number of nitrogens with one attached hydrogen (secondary N) is 2. The van der Waals surface area contributed by atoms with Crippen molar-refractivity contribution >= 4 is 52.0 Å². The third kappa shape index (κ3) is 4.50. The van der Waals surface area contributed by atoms with E-state index in [0.29, 0.717) is 38.8 Å². The van der Waals surface area contributed by atoms with Gasteiger partial charge in [-0.1, -0.05) is 23.2 Å². The van der Waals surface area contributed by atoms with Gasteiger partial charge in [-0.2, -0.15) is 0 Å². The van der Waals surface area contributed by atoms with Gasteiger partial charge in [-0.25, -0.2) is 9.97 Å². The molecule has 26 heavy (non-hydrogen) atoms. The molecule has 5 nitrogen and oxygen atoms in total. The number of Topliss-reactive ketones (excluding diaryl/α,β-unsaturated/α-hetero) is 1. The Morgan fingerprint density at radius 3 is 2.23 bits per heavy atom. The first-order valence-corrected chi connectivity index (χ1v) is 8.62. The van der Waals surface area contributed by atoms with E-state index in [4.69, 9.17) is 23.2 Å². The number of rotatable bonds is 5. The molecule has 0 aliphatic carbocycles. The molecule has 0 bridgehead atoms. The molecule has 0 amide bonds. The maximum absolute atomic E-state index is 11.4. The van der Waals surface area contributed by atoms with E-state index in [1.165, 1.54) is 6.92 Å². The largest absolute Gasteiger partial charge is 0.340 e. The van der Waals surface area contributed by atoms with E-state index in [2.05, 4.69) is 20.6 Å². The van der Waals surface area contributed by atoms with E-state index >= 15 is 0 Å². The first-order valence-electron chi connectivity index (χ1n) is 7.86. The smallest absolute Gasteiger partial charge is 0.159 e. The molecule has 3 aromatic rings. The predicted octanol–water partition coefficient (Wildman–Crippen LogP) is 5.78. The van der Waals surface area contributed by atoms with Crippen LogP contribution in [0.4, 0.5) is 23.0 Å². The minimum Gasteiger partial charge on any atom is -0.340 e. The van der Waals surface area contributed by atoms with Crippen LogP contribution in [0, 0.1) is 6.92 Å². The number of nitrogens with zero attached hydrogens (tertiary/aromatic N) is 2. The molecule has 0 saturated carbocycles. The van der Waals surface area contributed by atoms with Crippen molar-refractivity contribution in [2.24, 2.45) is 0 Å². The van der Waals surface area contributed by atoms with Crippen LogP contribution in [-0.4, -0.2) is 15.8 Å². The molecule has 2 N–H and O–H groups in total. The van der Waals surface area contributed by atoms with Gasteiger partial charge in [0.2, 0.25) is 0 Å². The van der Waals surface area contributed by atoms with Gasteiger partial charge in [0.1, 0.15) is 17.5 Å². The van der Waals surface area contributed by atoms with Gasteiger partial charge in [0.05, 0.1) is 10.7 Å². The number of carbonyl (C=O) groups excluding carboxylic acids is 1. The van der Waals surface area contributed by atoms with Gasteiger partial charge in [-0.05, 0) is 56.3 Å². The van der Waals surface area contributed by atoms with Gasteiger partial charge in [-0.15, -0.1) is 0 Å². The molecule has 0 atom stereocenters. The normalized spacial score (nSPS) is 10.5. The minimum absolute atomic E-state index is 0.0271. The SMILES string of the molecule is CC(=O)c1ccc(Nc2cc(Nc3cc(Cl)ccc3Cl)nc(C)n2)cc1. The zero-order valence-electron chi connectivity index (χ0n) is 14.2. The summed E-state index contributed by atoms with van der Waals surface area (Å²) < 4.78 is 0. The van der Waals surface area contributed by atoms with E-state index in [0.717, 1.165) is 5.69 Å². The Morgan fingerprint density at radius 2 is 1.58 bits per heavy atom. The Balaban J connectivity index is 1.83. The van der Waals surface area contributed by atoms with Crippen molar-refractivity contribution in [3.8, 4) is 0 Å². The second-order valence-electron chi connectivity index (χ2n) is 5.69. The van der Waals surface area contributed by atoms with Crippen LogP contribution in [0.5, 0.6) is 0 Å². The summed E-state index contributed by atoms with van der Waals surface area (Å²) >= 11 is 12.2. The summed E-state index contributed by atoms with van der Waals surface area (Å²) in [6.45, 7) is 3.34. The lowest BCUT2D eigenvalue weighted by molar-refractivity contribution is 0.101. The zero-order chi connectivity index (χ0) is 18.7. The van der Waals surface area contributed by atoms with Crippen molar-refractivity contribution in [1.82, 2.24) is 9.97 Å². The summed E-state index contributed by atoms with van der Waals surface area (Å²) in [6, 6.07) is 14.1. The Hall–Kier alpha value is -2.63. The Labute approximate surface area is 161 Å². The average Bonchev–Trinajstić information content (AvgIpc) is 2.58. The van der Waals surface area contributed by atoms with E-state index < -0.39 is 0 Å². The van der Waals surface area contributed by atoms with Crippen LogP contribution in [-0.2, 0) is 0 Å². The second kappa shape index (κ2) is 7.72. The van der Waals surface area contributed by atoms with Crippen LogP contribution in [0.1, 0.15) is 23.1 Å². The third-order valence-corrected chi connectivity index (χ3v) is 4.16. The molecule has 0 aliphatic rings. The fourth-order valence-corrected chi connectivity index (χ4v) is 2.70. The van der Waals surface area contributed by atoms with Crippen molar-refractivity contribution in [2.75, 3.05) is 10.6 Å². The Morgan fingerprint density at radius 1 is 0.923 bits per heavy atom. The fraction of sp³-hybridized carbons (Fsp3) is 0.105. The number of anilines is 4. The van der Waals surface area contributed by atoms with Gasteiger partial charge in [0.25, 0.3) is 0 Å². The molecular weight excluding hydrogens is 371 g/mol. The summed E-state index contributed by atoms with van der Waals surface area (Å²) in [4.78, 5) is 20.1. The molecule has 132 valence electrons. The van der Waals surface area contributed by atoms with E-state index in [-0.39, 0.29) is 5.78 Å². The maximum Gasteiger partial charge on any atom is 0.159 e. The Bertz CT molecular complexity index is 958. The molecule has 0 fully saturated rings. The lowest BCUT2D eigenvalue weighted by atomic mass is 10.1. The Kier molecular flexibility index (Phi) is 5.40. The highest BCUT2D eigenvalue weighted by molar-refractivity contribution is 6.35. The number of aryl methyl sites for hydroxylation is 1. The summed E-state index contributed by atoms with van der Waals surface area (Å²) in [7, 11) is 0. The number of carbonyl (C=O) groups is 1. The van der Waals surface area contributed by atoms with Crippen molar-refractivity contribution in [2.45, 2.75) is 13.8 Å². The summed E-state index contributed by atoms with van der Waals surface area (Å²) in [5, 5.41) is 7.47. The molecule has 0 saturated heterocycles. The predicted molar refractivity (Wildman–Crippen MR) is 106 cm³/mol. The number of ketones is 1. The number of aromatic nitrogens is 2. The minimum atomic E-state index is 0.0271.